The summed E-state index contributed by atoms with van der Waals surface area (Å²) in [7, 11) is 0. The average molecular weight is 368 g/mol. The quantitative estimate of drug-likeness (QED) is 0.849. The predicted molar refractivity (Wildman–Crippen MR) is 106 cm³/mol. The second-order valence-electron chi connectivity index (χ2n) is 7.35. The number of ether oxygens (including phenoxy) is 1. The Balaban J connectivity index is 1.46. The average Bonchev–Trinajstić information content (AvgIpc) is 2.68. The van der Waals surface area contributed by atoms with Crippen molar-refractivity contribution in [3.05, 3.63) is 47.8 Å². The molecule has 0 spiro atoms. The highest BCUT2D eigenvalue weighted by Gasteiger charge is 2.22. The number of anilines is 1. The molecule has 6 nitrogen and oxygen atoms in total. The van der Waals surface area contributed by atoms with Crippen molar-refractivity contribution in [1.82, 2.24) is 15.3 Å². The third kappa shape index (κ3) is 5.18. The van der Waals surface area contributed by atoms with Gasteiger partial charge in [-0.05, 0) is 48.9 Å². The number of aryl methyl sites for hydroxylation is 1. The zero-order valence-corrected chi connectivity index (χ0v) is 16.3. The van der Waals surface area contributed by atoms with Crippen molar-refractivity contribution < 1.29 is 9.53 Å². The predicted octanol–water partition coefficient (Wildman–Crippen LogP) is 3.07. The molecule has 6 heteroatoms. The van der Waals surface area contributed by atoms with Gasteiger partial charge in [0.05, 0.1) is 0 Å². The number of rotatable bonds is 6. The molecule has 0 saturated carbocycles. The van der Waals surface area contributed by atoms with E-state index < -0.39 is 0 Å². The summed E-state index contributed by atoms with van der Waals surface area (Å²) in [5.74, 6) is 1.90. The Morgan fingerprint density at radius 1 is 1.26 bits per heavy atom. The Hall–Kier alpha value is -2.63. The molecule has 1 N–H and O–H groups in total. The maximum atomic E-state index is 12.3. The minimum Gasteiger partial charge on any atom is -0.483 e. The number of nitrogens with one attached hydrogen (secondary N) is 1. The van der Waals surface area contributed by atoms with Crippen LogP contribution in [0.5, 0.6) is 5.75 Å². The fourth-order valence-corrected chi connectivity index (χ4v) is 3.22. The van der Waals surface area contributed by atoms with Crippen LogP contribution in [0, 0.1) is 6.92 Å². The number of piperidine rings is 1. The SMILES string of the molecule is Cc1ccc(C(C)C)cc1OCC(=O)NC1CCN(c2ncccn2)CC1. The van der Waals surface area contributed by atoms with Crippen LogP contribution in [-0.2, 0) is 4.79 Å². The second-order valence-corrected chi connectivity index (χ2v) is 7.35. The highest BCUT2D eigenvalue weighted by molar-refractivity contribution is 5.78. The number of nitrogens with zero attached hydrogens (tertiary/aromatic N) is 3. The number of hydrogen-bond donors (Lipinski definition) is 1. The largest absolute Gasteiger partial charge is 0.483 e. The van der Waals surface area contributed by atoms with Crippen LogP contribution in [-0.4, -0.2) is 41.6 Å². The number of amides is 1. The molecule has 1 amide bonds. The van der Waals surface area contributed by atoms with E-state index >= 15 is 0 Å². The standard InChI is InChI=1S/C21H28N4O2/c1-15(2)17-6-5-16(3)19(13-17)27-14-20(26)24-18-7-11-25(12-8-18)21-22-9-4-10-23-21/h4-6,9-10,13,15,18H,7-8,11-12,14H2,1-3H3,(H,24,26). The molecule has 1 aliphatic heterocycles. The molecule has 3 rings (SSSR count). The van der Waals surface area contributed by atoms with E-state index in [0.29, 0.717) is 5.92 Å². The molecule has 0 radical (unpaired) electrons. The Morgan fingerprint density at radius 3 is 2.63 bits per heavy atom. The van der Waals surface area contributed by atoms with Crippen molar-refractivity contribution in [2.75, 3.05) is 24.6 Å². The molecule has 1 aromatic carbocycles. The Bertz CT molecular complexity index is 756. The van der Waals surface area contributed by atoms with Crippen molar-refractivity contribution in [1.29, 1.82) is 0 Å². The number of hydrogen-bond acceptors (Lipinski definition) is 5. The summed E-state index contributed by atoms with van der Waals surface area (Å²) in [6.07, 6.45) is 5.27. The smallest absolute Gasteiger partial charge is 0.258 e. The Labute approximate surface area is 161 Å². The van der Waals surface area contributed by atoms with Crippen LogP contribution in [0.25, 0.3) is 0 Å². The summed E-state index contributed by atoms with van der Waals surface area (Å²) in [6.45, 7) is 8.02. The van der Waals surface area contributed by atoms with Gasteiger partial charge in [0, 0.05) is 31.5 Å². The van der Waals surface area contributed by atoms with Gasteiger partial charge in [-0.15, -0.1) is 0 Å². The van der Waals surface area contributed by atoms with Crippen molar-refractivity contribution >= 4 is 11.9 Å². The molecule has 0 aliphatic carbocycles. The van der Waals surface area contributed by atoms with E-state index in [2.05, 4.69) is 40.1 Å². The van der Waals surface area contributed by atoms with Crippen molar-refractivity contribution in [2.24, 2.45) is 0 Å². The lowest BCUT2D eigenvalue weighted by molar-refractivity contribution is -0.123. The Morgan fingerprint density at radius 2 is 1.96 bits per heavy atom. The van der Waals surface area contributed by atoms with Gasteiger partial charge < -0.3 is 15.0 Å². The summed E-state index contributed by atoms with van der Waals surface area (Å²) in [5, 5.41) is 3.09. The molecular weight excluding hydrogens is 340 g/mol. The number of carbonyl (C=O) groups is 1. The van der Waals surface area contributed by atoms with Crippen LogP contribution < -0.4 is 15.0 Å². The van der Waals surface area contributed by atoms with Crippen molar-refractivity contribution in [2.45, 2.75) is 45.6 Å². The summed E-state index contributed by atoms with van der Waals surface area (Å²) < 4.78 is 5.78. The first-order valence-corrected chi connectivity index (χ1v) is 9.57. The maximum Gasteiger partial charge on any atom is 0.258 e. The van der Waals surface area contributed by atoms with Crippen LogP contribution in [0.2, 0.25) is 0 Å². The van der Waals surface area contributed by atoms with E-state index in [-0.39, 0.29) is 18.6 Å². The first-order chi connectivity index (χ1) is 13.0. The van der Waals surface area contributed by atoms with E-state index in [1.165, 1.54) is 5.56 Å². The normalized spacial score (nSPS) is 15.0. The monoisotopic (exact) mass is 368 g/mol. The second kappa shape index (κ2) is 8.84. The first kappa shape index (κ1) is 19.1. The van der Waals surface area contributed by atoms with Gasteiger partial charge in [-0.2, -0.15) is 0 Å². The fourth-order valence-electron chi connectivity index (χ4n) is 3.22. The molecule has 144 valence electrons. The maximum absolute atomic E-state index is 12.3. The van der Waals surface area contributed by atoms with Gasteiger partial charge in [0.1, 0.15) is 5.75 Å². The zero-order valence-electron chi connectivity index (χ0n) is 16.3. The van der Waals surface area contributed by atoms with Gasteiger partial charge >= 0.3 is 0 Å². The lowest BCUT2D eigenvalue weighted by Crippen LogP contribution is -2.46. The highest BCUT2D eigenvalue weighted by atomic mass is 16.5. The molecule has 0 unspecified atom stereocenters. The van der Waals surface area contributed by atoms with E-state index in [1.54, 1.807) is 12.4 Å². The van der Waals surface area contributed by atoms with Crippen LogP contribution in [0.15, 0.2) is 36.7 Å². The van der Waals surface area contributed by atoms with E-state index in [0.717, 1.165) is 43.2 Å². The van der Waals surface area contributed by atoms with Crippen LogP contribution >= 0.6 is 0 Å². The van der Waals surface area contributed by atoms with E-state index in [4.69, 9.17) is 4.74 Å². The van der Waals surface area contributed by atoms with Gasteiger partial charge in [0.2, 0.25) is 5.95 Å². The van der Waals surface area contributed by atoms with Crippen molar-refractivity contribution in [3.8, 4) is 5.75 Å². The molecule has 0 bridgehead atoms. The highest BCUT2D eigenvalue weighted by Crippen LogP contribution is 2.24. The molecule has 1 saturated heterocycles. The summed E-state index contributed by atoms with van der Waals surface area (Å²) in [5.41, 5.74) is 2.26. The lowest BCUT2D eigenvalue weighted by atomic mass is 10.0. The van der Waals surface area contributed by atoms with Gasteiger partial charge in [0.15, 0.2) is 6.61 Å². The number of benzene rings is 1. The van der Waals surface area contributed by atoms with Gasteiger partial charge in [-0.3, -0.25) is 4.79 Å². The molecule has 1 fully saturated rings. The van der Waals surface area contributed by atoms with Crippen LogP contribution in [0.4, 0.5) is 5.95 Å². The van der Waals surface area contributed by atoms with E-state index in [1.807, 2.05) is 25.1 Å². The first-order valence-electron chi connectivity index (χ1n) is 9.57. The van der Waals surface area contributed by atoms with Gasteiger partial charge in [0.25, 0.3) is 5.91 Å². The molecule has 2 heterocycles. The molecule has 27 heavy (non-hydrogen) atoms. The van der Waals surface area contributed by atoms with Crippen molar-refractivity contribution in [3.63, 3.8) is 0 Å². The minimum atomic E-state index is -0.0706. The number of aromatic nitrogens is 2. The Kier molecular flexibility index (Phi) is 6.27. The van der Waals surface area contributed by atoms with Crippen LogP contribution in [0.1, 0.15) is 43.7 Å². The molecule has 2 aromatic rings. The summed E-state index contributed by atoms with van der Waals surface area (Å²) >= 11 is 0. The zero-order chi connectivity index (χ0) is 19.2. The fraction of sp³-hybridized carbons (Fsp3) is 0.476. The molecule has 0 atom stereocenters. The van der Waals surface area contributed by atoms with Gasteiger partial charge in [-0.1, -0.05) is 26.0 Å². The molecule has 1 aliphatic rings. The number of carbonyl (C=O) groups excluding carboxylic acids is 1. The third-order valence-electron chi connectivity index (χ3n) is 4.93. The minimum absolute atomic E-state index is 0.0460. The molecule has 1 aromatic heterocycles. The third-order valence-corrected chi connectivity index (χ3v) is 4.93. The lowest BCUT2D eigenvalue weighted by Gasteiger charge is -2.32. The molecular formula is C21H28N4O2. The summed E-state index contributed by atoms with van der Waals surface area (Å²) in [6, 6.07) is 8.17. The van der Waals surface area contributed by atoms with Crippen LogP contribution in [0.3, 0.4) is 0 Å². The summed E-state index contributed by atoms with van der Waals surface area (Å²) in [4.78, 5) is 23.0. The van der Waals surface area contributed by atoms with E-state index in [9.17, 15) is 4.79 Å². The topological polar surface area (TPSA) is 67.3 Å². The van der Waals surface area contributed by atoms with Gasteiger partial charge in [-0.25, -0.2) is 9.97 Å².